The summed E-state index contributed by atoms with van der Waals surface area (Å²) in [5.74, 6) is 0.159. The van der Waals surface area contributed by atoms with Crippen molar-refractivity contribution in [1.29, 1.82) is 0 Å². The minimum atomic E-state index is 0.0511. The highest BCUT2D eigenvalue weighted by molar-refractivity contribution is 7.80. The van der Waals surface area contributed by atoms with Crippen LogP contribution < -0.4 is 0 Å². The van der Waals surface area contributed by atoms with Gasteiger partial charge in [-0.2, -0.15) is 0 Å². The van der Waals surface area contributed by atoms with Crippen molar-refractivity contribution in [3.8, 4) is 0 Å². The average Bonchev–Trinajstić information content (AvgIpc) is 3.04. The van der Waals surface area contributed by atoms with Crippen LogP contribution in [0.3, 0.4) is 0 Å². The highest BCUT2D eigenvalue weighted by Gasteiger charge is 2.33. The molecule has 0 radical (unpaired) electrons. The molecule has 1 atom stereocenters. The molecule has 1 aliphatic rings. The molecule has 0 N–H and O–H groups in total. The van der Waals surface area contributed by atoms with Gasteiger partial charge in [-0.3, -0.25) is 9.36 Å². The van der Waals surface area contributed by atoms with E-state index < -0.39 is 0 Å². The van der Waals surface area contributed by atoms with Crippen molar-refractivity contribution in [3.05, 3.63) is 59.9 Å². The molecule has 3 rings (SSSR count). The number of carbonyl (C=O) groups is 1. The maximum atomic E-state index is 12.4. The summed E-state index contributed by atoms with van der Waals surface area (Å²) in [6.45, 7) is 2.88. The van der Waals surface area contributed by atoms with Crippen molar-refractivity contribution < 1.29 is 4.79 Å². The van der Waals surface area contributed by atoms with E-state index in [2.05, 4.69) is 11.8 Å². The van der Waals surface area contributed by atoms with Gasteiger partial charge < -0.3 is 4.90 Å². The molecule has 102 valence electrons. The van der Waals surface area contributed by atoms with Gasteiger partial charge in [0.05, 0.1) is 6.04 Å². The Labute approximate surface area is 123 Å². The molecule has 2 heterocycles. The van der Waals surface area contributed by atoms with E-state index in [1.807, 2.05) is 53.2 Å². The predicted octanol–water partition coefficient (Wildman–Crippen LogP) is 3.27. The van der Waals surface area contributed by atoms with Gasteiger partial charge in [0.1, 0.15) is 0 Å². The number of thiocarbonyl (C=S) groups is 1. The van der Waals surface area contributed by atoms with Crippen molar-refractivity contribution in [2.45, 2.75) is 19.4 Å². The fourth-order valence-electron chi connectivity index (χ4n) is 2.76. The molecule has 1 aromatic heterocycles. The van der Waals surface area contributed by atoms with Crippen LogP contribution in [0.15, 0.2) is 48.7 Å². The van der Waals surface area contributed by atoms with Crippen LogP contribution in [0.5, 0.6) is 0 Å². The number of benzene rings is 1. The third-order valence-electron chi connectivity index (χ3n) is 3.76. The lowest BCUT2D eigenvalue weighted by atomic mass is 10.0. The van der Waals surface area contributed by atoms with E-state index in [9.17, 15) is 4.79 Å². The molecule has 0 saturated carbocycles. The van der Waals surface area contributed by atoms with Gasteiger partial charge in [-0.15, -0.1) is 0 Å². The zero-order valence-corrected chi connectivity index (χ0v) is 12.1. The van der Waals surface area contributed by atoms with Crippen LogP contribution in [-0.2, 0) is 0 Å². The molecule has 0 amide bonds. The van der Waals surface area contributed by atoms with Gasteiger partial charge in [0.2, 0.25) is 0 Å². The highest BCUT2D eigenvalue weighted by Crippen LogP contribution is 2.33. The summed E-state index contributed by atoms with van der Waals surface area (Å²) in [7, 11) is 0. The molecule has 1 unspecified atom stereocenters. The van der Waals surface area contributed by atoms with E-state index >= 15 is 0 Å². The second-order valence-electron chi connectivity index (χ2n) is 4.88. The zero-order chi connectivity index (χ0) is 14.1. The smallest absolute Gasteiger partial charge is 0.180 e. The largest absolute Gasteiger partial charge is 0.340 e. The number of hydrogen-bond donors (Lipinski definition) is 0. The van der Waals surface area contributed by atoms with Gasteiger partial charge in [-0.1, -0.05) is 30.3 Å². The predicted molar refractivity (Wildman–Crippen MR) is 82.9 cm³/mol. The Balaban J connectivity index is 1.87. The van der Waals surface area contributed by atoms with Crippen LogP contribution in [0.4, 0.5) is 0 Å². The summed E-state index contributed by atoms with van der Waals surface area (Å²) in [6, 6.07) is 13.5. The quantitative estimate of drug-likeness (QED) is 0.636. The summed E-state index contributed by atoms with van der Waals surface area (Å²) in [5.41, 5.74) is 1.88. The molecule has 0 fully saturated rings. The highest BCUT2D eigenvalue weighted by atomic mass is 32.1. The maximum Gasteiger partial charge on any atom is 0.180 e. The van der Waals surface area contributed by atoms with Gasteiger partial charge in [-0.05, 0) is 31.3 Å². The van der Waals surface area contributed by atoms with Gasteiger partial charge in [0.25, 0.3) is 0 Å². The minimum Gasteiger partial charge on any atom is -0.340 e. The summed E-state index contributed by atoms with van der Waals surface area (Å²) >= 11 is 5.47. The summed E-state index contributed by atoms with van der Waals surface area (Å²) in [4.78, 5) is 14.5. The Kier molecular flexibility index (Phi) is 3.40. The zero-order valence-electron chi connectivity index (χ0n) is 11.3. The molecule has 0 spiro atoms. The number of ketones is 1. The Hall–Kier alpha value is -1.94. The van der Waals surface area contributed by atoms with E-state index in [0.717, 1.165) is 22.9 Å². The molecular formula is C16H16N2OS. The first kappa shape index (κ1) is 13.1. The lowest BCUT2D eigenvalue weighted by Crippen LogP contribution is -2.30. The molecule has 2 aromatic rings. The summed E-state index contributed by atoms with van der Waals surface area (Å²) < 4.78 is 2.00. The van der Waals surface area contributed by atoms with Gasteiger partial charge in [-0.25, -0.2) is 0 Å². The Morgan fingerprint density at radius 2 is 1.95 bits per heavy atom. The molecule has 1 aliphatic heterocycles. The van der Waals surface area contributed by atoms with E-state index in [0.29, 0.717) is 6.42 Å². The summed E-state index contributed by atoms with van der Waals surface area (Å²) in [6.07, 6.45) is 2.43. The summed E-state index contributed by atoms with van der Waals surface area (Å²) in [5, 5.41) is 0.790. The molecule has 0 bridgehead atoms. The number of Topliss-reactive ketones (excluding diaryl/α,β-unsaturated/α-hetero) is 1. The van der Waals surface area contributed by atoms with Crippen molar-refractivity contribution in [2.24, 2.45) is 0 Å². The van der Waals surface area contributed by atoms with Crippen molar-refractivity contribution in [1.82, 2.24) is 9.47 Å². The molecule has 0 aliphatic carbocycles. The second-order valence-corrected chi connectivity index (χ2v) is 5.25. The Morgan fingerprint density at radius 3 is 2.65 bits per heavy atom. The first-order valence-corrected chi connectivity index (χ1v) is 7.19. The monoisotopic (exact) mass is 284 g/mol. The standard InChI is InChI=1S/C16H16N2OS/c1-2-17-14(13-9-6-10-18(13)16(17)20)11-15(19)12-7-4-3-5-8-12/h3-10,14H,2,11H2,1H3. The normalized spacial score (nSPS) is 17.4. The van der Waals surface area contributed by atoms with Crippen LogP contribution in [-0.4, -0.2) is 26.9 Å². The van der Waals surface area contributed by atoms with Gasteiger partial charge in [0, 0.05) is 30.4 Å². The van der Waals surface area contributed by atoms with E-state index in [-0.39, 0.29) is 11.8 Å². The number of nitrogens with zero attached hydrogens (tertiary/aromatic N) is 2. The van der Waals surface area contributed by atoms with Crippen molar-refractivity contribution in [2.75, 3.05) is 6.54 Å². The number of rotatable bonds is 4. The third kappa shape index (κ3) is 2.06. The minimum absolute atomic E-state index is 0.0511. The third-order valence-corrected chi connectivity index (χ3v) is 4.20. The molecular weight excluding hydrogens is 268 g/mol. The SMILES string of the molecule is CCN1C(=S)n2cccc2C1CC(=O)c1ccccc1. The lowest BCUT2D eigenvalue weighted by molar-refractivity contribution is 0.0953. The maximum absolute atomic E-state index is 12.4. The fourth-order valence-corrected chi connectivity index (χ4v) is 3.18. The van der Waals surface area contributed by atoms with Gasteiger partial charge >= 0.3 is 0 Å². The number of hydrogen-bond acceptors (Lipinski definition) is 2. The first-order valence-electron chi connectivity index (χ1n) is 6.79. The van der Waals surface area contributed by atoms with Crippen LogP contribution in [0.1, 0.15) is 35.4 Å². The molecule has 1 aromatic carbocycles. The molecule has 20 heavy (non-hydrogen) atoms. The van der Waals surface area contributed by atoms with Crippen LogP contribution in [0.25, 0.3) is 0 Å². The number of fused-ring (bicyclic) bond motifs is 1. The van der Waals surface area contributed by atoms with Crippen molar-refractivity contribution >= 4 is 23.1 Å². The fraction of sp³-hybridized carbons (Fsp3) is 0.250. The van der Waals surface area contributed by atoms with Crippen LogP contribution in [0, 0.1) is 0 Å². The first-order chi connectivity index (χ1) is 9.72. The molecule has 4 heteroatoms. The molecule has 0 saturated heterocycles. The van der Waals surface area contributed by atoms with E-state index in [1.165, 1.54) is 0 Å². The Bertz CT molecular complexity index is 648. The van der Waals surface area contributed by atoms with E-state index in [4.69, 9.17) is 12.2 Å². The molecule has 3 nitrogen and oxygen atoms in total. The lowest BCUT2D eigenvalue weighted by Gasteiger charge is -2.23. The van der Waals surface area contributed by atoms with E-state index in [1.54, 1.807) is 0 Å². The van der Waals surface area contributed by atoms with Crippen LogP contribution in [0.2, 0.25) is 0 Å². The topological polar surface area (TPSA) is 25.2 Å². The number of aromatic nitrogens is 1. The van der Waals surface area contributed by atoms with Gasteiger partial charge in [0.15, 0.2) is 10.9 Å². The van der Waals surface area contributed by atoms with Crippen molar-refractivity contribution in [3.63, 3.8) is 0 Å². The number of carbonyl (C=O) groups excluding carboxylic acids is 1. The Morgan fingerprint density at radius 1 is 1.20 bits per heavy atom. The average molecular weight is 284 g/mol. The van der Waals surface area contributed by atoms with Crippen LogP contribution >= 0.6 is 12.2 Å². The second kappa shape index (κ2) is 5.21.